The Hall–Kier alpha value is -3.21. The van der Waals surface area contributed by atoms with Crippen molar-refractivity contribution in [1.82, 2.24) is 9.88 Å². The van der Waals surface area contributed by atoms with Gasteiger partial charge in [0, 0.05) is 17.1 Å². The van der Waals surface area contributed by atoms with Crippen molar-refractivity contribution in [2.75, 3.05) is 11.1 Å². The van der Waals surface area contributed by atoms with Crippen molar-refractivity contribution in [3.8, 4) is 0 Å². The van der Waals surface area contributed by atoms with Crippen LogP contribution in [0.15, 0.2) is 60.0 Å². The molecule has 0 saturated carbocycles. The third kappa shape index (κ3) is 7.10. The van der Waals surface area contributed by atoms with Crippen LogP contribution >= 0.6 is 11.3 Å². The first kappa shape index (κ1) is 29.8. The molecule has 1 saturated heterocycles. The lowest BCUT2D eigenvalue weighted by Crippen LogP contribution is -2.49. The SMILES string of the molecule is CC(C)(C)[Si](C)(C)OC(c1ccccc1)[C@H]1CC[C@H](Cc2ccc(NC(=O)Cc3csc(N)n3)cc2)N1C(=O)O. The number of likely N-dealkylation sites (tertiary alicyclic amines) is 1. The number of hydrogen-bond donors (Lipinski definition) is 3. The highest BCUT2D eigenvalue weighted by Gasteiger charge is 2.46. The number of nitrogens with one attached hydrogen (secondary N) is 1. The van der Waals surface area contributed by atoms with Crippen LogP contribution in [0.3, 0.4) is 0 Å². The Labute approximate surface area is 241 Å². The maximum atomic E-state index is 12.7. The molecule has 0 aliphatic carbocycles. The molecule has 2 amide bonds. The number of carboxylic acid groups (broad SMARTS) is 1. The number of nitrogens with two attached hydrogens (primary N) is 1. The molecule has 4 N–H and O–H groups in total. The summed E-state index contributed by atoms with van der Waals surface area (Å²) in [6, 6.07) is 17.2. The van der Waals surface area contributed by atoms with Gasteiger partial charge >= 0.3 is 6.09 Å². The van der Waals surface area contributed by atoms with Crippen molar-refractivity contribution in [2.45, 2.75) is 82.8 Å². The van der Waals surface area contributed by atoms with Gasteiger partial charge in [0.15, 0.2) is 13.4 Å². The van der Waals surface area contributed by atoms with Crippen molar-refractivity contribution in [3.63, 3.8) is 0 Å². The molecule has 4 rings (SSSR count). The van der Waals surface area contributed by atoms with Gasteiger partial charge in [0.2, 0.25) is 5.91 Å². The van der Waals surface area contributed by atoms with Crippen molar-refractivity contribution in [2.24, 2.45) is 0 Å². The number of benzene rings is 2. The van der Waals surface area contributed by atoms with E-state index in [1.54, 1.807) is 10.3 Å². The first-order valence-electron chi connectivity index (χ1n) is 13.7. The Morgan fingerprint density at radius 2 is 1.82 bits per heavy atom. The van der Waals surface area contributed by atoms with Crippen LogP contribution in [0, 0.1) is 0 Å². The molecular formula is C30H40N4O4SSi. The average molecular weight is 581 g/mol. The van der Waals surface area contributed by atoms with Crippen molar-refractivity contribution in [1.29, 1.82) is 0 Å². The van der Waals surface area contributed by atoms with Gasteiger partial charge in [-0.05, 0) is 60.7 Å². The molecule has 1 unspecified atom stereocenters. The summed E-state index contributed by atoms with van der Waals surface area (Å²) in [7, 11) is -2.19. The zero-order valence-corrected chi connectivity index (χ0v) is 25.7. The van der Waals surface area contributed by atoms with E-state index in [9.17, 15) is 14.7 Å². The molecule has 10 heteroatoms. The molecular weight excluding hydrogens is 541 g/mol. The summed E-state index contributed by atoms with van der Waals surface area (Å²) in [6.07, 6.45) is 1.01. The topological polar surface area (TPSA) is 118 Å². The van der Waals surface area contributed by atoms with Crippen LogP contribution in [0.2, 0.25) is 18.1 Å². The zero-order valence-electron chi connectivity index (χ0n) is 23.9. The highest BCUT2D eigenvalue weighted by atomic mass is 32.1. The molecule has 0 bridgehead atoms. The van der Waals surface area contributed by atoms with Crippen LogP contribution in [-0.4, -0.2) is 47.4 Å². The smallest absolute Gasteiger partial charge is 0.407 e. The van der Waals surface area contributed by atoms with Crippen LogP contribution in [0.4, 0.5) is 15.6 Å². The monoisotopic (exact) mass is 580 g/mol. The Morgan fingerprint density at radius 1 is 1.15 bits per heavy atom. The third-order valence-corrected chi connectivity index (χ3v) is 13.3. The molecule has 0 spiro atoms. The van der Waals surface area contributed by atoms with Crippen LogP contribution < -0.4 is 11.1 Å². The van der Waals surface area contributed by atoms with E-state index in [4.69, 9.17) is 10.2 Å². The third-order valence-electron chi connectivity index (χ3n) is 8.09. The standard InChI is InChI=1S/C30H40N4O4SSi/c1-30(2,3)40(4,5)38-27(21-9-7-6-8-10-21)25-16-15-24(34(25)29(36)37)17-20-11-13-22(14-12-20)32-26(35)18-23-19-39-28(31)33-23/h6-14,19,24-25,27H,15-18H2,1-5H3,(H2,31,33)(H,32,35)(H,36,37)/t24-,25-,27?/m1/s1. The number of amides is 2. The van der Waals surface area contributed by atoms with E-state index in [-0.39, 0.29) is 35.6 Å². The van der Waals surface area contributed by atoms with E-state index in [1.807, 2.05) is 54.6 Å². The quantitative estimate of drug-likeness (QED) is 0.242. The minimum Gasteiger partial charge on any atom is -0.465 e. The van der Waals surface area contributed by atoms with E-state index in [0.717, 1.165) is 24.0 Å². The summed E-state index contributed by atoms with van der Waals surface area (Å²) in [5, 5.41) is 15.5. The lowest BCUT2D eigenvalue weighted by molar-refractivity contribution is -0.115. The summed E-state index contributed by atoms with van der Waals surface area (Å²) in [5.74, 6) is -0.164. The molecule has 0 radical (unpaired) electrons. The number of hydrogen-bond acceptors (Lipinski definition) is 6. The number of aromatic nitrogens is 1. The fraction of sp³-hybridized carbons (Fsp3) is 0.433. The van der Waals surface area contributed by atoms with Crippen LogP contribution in [0.25, 0.3) is 0 Å². The van der Waals surface area contributed by atoms with Gasteiger partial charge in [-0.25, -0.2) is 9.78 Å². The van der Waals surface area contributed by atoms with E-state index in [1.165, 1.54) is 11.3 Å². The molecule has 214 valence electrons. The number of thiazole rings is 1. The Kier molecular flexibility index (Phi) is 9.01. The fourth-order valence-electron chi connectivity index (χ4n) is 4.98. The average Bonchev–Trinajstić information content (AvgIpc) is 3.49. The largest absolute Gasteiger partial charge is 0.465 e. The fourth-order valence-corrected chi connectivity index (χ4v) is 6.83. The number of nitrogen functional groups attached to an aromatic ring is 1. The first-order chi connectivity index (χ1) is 18.8. The molecule has 3 atom stereocenters. The first-order valence-corrected chi connectivity index (χ1v) is 17.5. The minimum absolute atomic E-state index is 0.00314. The molecule has 1 aliphatic heterocycles. The summed E-state index contributed by atoms with van der Waals surface area (Å²) < 4.78 is 6.93. The van der Waals surface area contributed by atoms with Gasteiger partial charge in [-0.2, -0.15) is 0 Å². The number of carbonyl (C=O) groups excluding carboxylic acids is 1. The summed E-state index contributed by atoms with van der Waals surface area (Å²) >= 11 is 1.31. The molecule has 8 nitrogen and oxygen atoms in total. The van der Waals surface area contributed by atoms with Gasteiger partial charge in [0.1, 0.15) is 0 Å². The highest BCUT2D eigenvalue weighted by Crippen LogP contribution is 2.44. The maximum absolute atomic E-state index is 12.7. The van der Waals surface area contributed by atoms with Crippen LogP contribution in [0.1, 0.15) is 56.5 Å². The normalized spacial score (nSPS) is 18.5. The minimum atomic E-state index is -2.19. The summed E-state index contributed by atoms with van der Waals surface area (Å²) in [6.45, 7) is 11.0. The Morgan fingerprint density at radius 3 is 2.40 bits per heavy atom. The second-order valence-corrected chi connectivity index (χ2v) is 17.6. The molecule has 1 aromatic heterocycles. The van der Waals surface area contributed by atoms with E-state index in [0.29, 0.717) is 22.9 Å². The molecule has 40 heavy (non-hydrogen) atoms. The Bertz CT molecular complexity index is 1310. The number of rotatable bonds is 9. The van der Waals surface area contributed by atoms with E-state index < -0.39 is 14.4 Å². The number of nitrogens with zero attached hydrogens (tertiary/aromatic N) is 2. The van der Waals surface area contributed by atoms with Crippen LogP contribution in [-0.2, 0) is 22.1 Å². The van der Waals surface area contributed by atoms with Gasteiger partial charge in [0.05, 0.1) is 24.3 Å². The van der Waals surface area contributed by atoms with E-state index in [2.05, 4.69) is 44.2 Å². The summed E-state index contributed by atoms with van der Waals surface area (Å²) in [5.41, 5.74) is 9.01. The molecule has 1 aliphatic rings. The van der Waals surface area contributed by atoms with Gasteiger partial charge in [-0.3, -0.25) is 9.69 Å². The lowest BCUT2D eigenvalue weighted by Gasteiger charge is -2.42. The Balaban J connectivity index is 1.47. The highest BCUT2D eigenvalue weighted by molar-refractivity contribution is 7.13. The molecule has 3 aromatic rings. The predicted molar refractivity (Wildman–Crippen MR) is 163 cm³/mol. The van der Waals surface area contributed by atoms with Crippen LogP contribution in [0.5, 0.6) is 0 Å². The molecule has 2 heterocycles. The van der Waals surface area contributed by atoms with Gasteiger partial charge in [-0.15, -0.1) is 11.3 Å². The van der Waals surface area contributed by atoms with Gasteiger partial charge < -0.3 is 20.6 Å². The van der Waals surface area contributed by atoms with Gasteiger partial charge in [0.25, 0.3) is 0 Å². The van der Waals surface area contributed by atoms with Crippen molar-refractivity contribution in [3.05, 3.63) is 76.8 Å². The second-order valence-electron chi connectivity index (χ2n) is 12.0. The number of carbonyl (C=O) groups is 2. The van der Waals surface area contributed by atoms with E-state index >= 15 is 0 Å². The zero-order chi connectivity index (χ0) is 29.1. The van der Waals surface area contributed by atoms with Crippen molar-refractivity contribution >= 4 is 42.5 Å². The second kappa shape index (κ2) is 12.1. The van der Waals surface area contributed by atoms with Crippen molar-refractivity contribution < 1.29 is 19.1 Å². The predicted octanol–water partition coefficient (Wildman–Crippen LogP) is 6.72. The van der Waals surface area contributed by atoms with Gasteiger partial charge in [-0.1, -0.05) is 63.2 Å². The molecule has 2 aromatic carbocycles. The summed E-state index contributed by atoms with van der Waals surface area (Å²) in [4.78, 5) is 30.8. The molecule has 1 fully saturated rings. The number of anilines is 2. The lowest BCUT2D eigenvalue weighted by atomic mass is 10.0. The maximum Gasteiger partial charge on any atom is 0.407 e.